The van der Waals surface area contributed by atoms with Gasteiger partial charge in [-0.2, -0.15) is 5.26 Å². The molecule has 1 N–H and O–H groups in total. The molecule has 2 heterocycles. The van der Waals surface area contributed by atoms with E-state index in [0.717, 1.165) is 37.1 Å². The molecule has 0 spiro atoms. The van der Waals surface area contributed by atoms with Crippen LogP contribution in [0.5, 0.6) is 0 Å². The fourth-order valence-corrected chi connectivity index (χ4v) is 3.42. The number of fused-ring (bicyclic) bond motifs is 1. The minimum atomic E-state index is -0.265. The molecular formula is C18H18N4O. The highest BCUT2D eigenvalue weighted by atomic mass is 16.2. The molecule has 5 heteroatoms. The van der Waals surface area contributed by atoms with Gasteiger partial charge in [0.1, 0.15) is 5.82 Å². The van der Waals surface area contributed by atoms with Crippen LogP contribution < -0.4 is 5.32 Å². The summed E-state index contributed by atoms with van der Waals surface area (Å²) < 4.78 is 2.07. The molecule has 23 heavy (non-hydrogen) atoms. The SMILES string of the molecule is N#Cc1cccc(C2(NC(=O)[C@H]3CCc4nccn4C3)CC2)c1. The van der Waals surface area contributed by atoms with Crippen LogP contribution in [0.1, 0.15) is 36.2 Å². The fraction of sp³-hybridized carbons (Fsp3) is 0.389. The van der Waals surface area contributed by atoms with Crippen molar-refractivity contribution >= 4 is 5.91 Å². The largest absolute Gasteiger partial charge is 0.346 e. The third kappa shape index (κ3) is 2.50. The van der Waals surface area contributed by atoms with Gasteiger partial charge >= 0.3 is 0 Å². The maximum Gasteiger partial charge on any atom is 0.225 e. The number of carbonyl (C=O) groups is 1. The Kier molecular flexibility index (Phi) is 3.19. The predicted octanol–water partition coefficient (Wildman–Crippen LogP) is 2.12. The highest BCUT2D eigenvalue weighted by molar-refractivity contribution is 5.80. The van der Waals surface area contributed by atoms with Crippen LogP contribution in [0.2, 0.25) is 0 Å². The molecule has 1 aromatic heterocycles. The number of amides is 1. The molecule has 116 valence electrons. The second kappa shape index (κ2) is 5.24. The first kappa shape index (κ1) is 14.0. The van der Waals surface area contributed by atoms with Gasteiger partial charge in [0.25, 0.3) is 0 Å². The summed E-state index contributed by atoms with van der Waals surface area (Å²) >= 11 is 0. The maximum atomic E-state index is 12.7. The quantitative estimate of drug-likeness (QED) is 0.944. The maximum absolute atomic E-state index is 12.7. The lowest BCUT2D eigenvalue weighted by molar-refractivity contribution is -0.127. The van der Waals surface area contributed by atoms with Gasteiger partial charge in [0.2, 0.25) is 5.91 Å². The van der Waals surface area contributed by atoms with Gasteiger partial charge in [-0.3, -0.25) is 4.79 Å². The molecule has 0 saturated heterocycles. The summed E-state index contributed by atoms with van der Waals surface area (Å²) in [7, 11) is 0. The van der Waals surface area contributed by atoms with Gasteiger partial charge in [0.05, 0.1) is 23.1 Å². The second-order valence-electron chi connectivity index (χ2n) is 6.50. The van der Waals surface area contributed by atoms with Gasteiger partial charge in [0, 0.05) is 25.4 Å². The van der Waals surface area contributed by atoms with Crippen LogP contribution in [0.15, 0.2) is 36.7 Å². The van der Waals surface area contributed by atoms with Gasteiger partial charge in [0.15, 0.2) is 0 Å². The molecule has 5 nitrogen and oxygen atoms in total. The van der Waals surface area contributed by atoms with Gasteiger partial charge in [-0.1, -0.05) is 12.1 Å². The number of rotatable bonds is 3. The smallest absolute Gasteiger partial charge is 0.225 e. The van der Waals surface area contributed by atoms with E-state index in [4.69, 9.17) is 5.26 Å². The minimum Gasteiger partial charge on any atom is -0.346 e. The molecule has 1 atom stereocenters. The topological polar surface area (TPSA) is 70.7 Å². The Labute approximate surface area is 135 Å². The van der Waals surface area contributed by atoms with Crippen molar-refractivity contribution < 1.29 is 4.79 Å². The van der Waals surface area contributed by atoms with E-state index in [0.29, 0.717) is 12.1 Å². The number of nitrogens with zero attached hydrogens (tertiary/aromatic N) is 3. The Morgan fingerprint density at radius 3 is 3.09 bits per heavy atom. The number of imidazole rings is 1. The fourth-order valence-electron chi connectivity index (χ4n) is 3.42. The average Bonchev–Trinajstić information content (AvgIpc) is 3.21. The first-order valence-electron chi connectivity index (χ1n) is 8.03. The van der Waals surface area contributed by atoms with E-state index < -0.39 is 0 Å². The minimum absolute atomic E-state index is 0.00618. The number of hydrogen-bond donors (Lipinski definition) is 1. The Hall–Kier alpha value is -2.61. The third-order valence-electron chi connectivity index (χ3n) is 4.96. The van der Waals surface area contributed by atoms with Crippen molar-refractivity contribution in [2.45, 2.75) is 37.8 Å². The molecular weight excluding hydrogens is 288 g/mol. The summed E-state index contributed by atoms with van der Waals surface area (Å²) in [5.74, 6) is 1.18. The van der Waals surface area contributed by atoms with E-state index >= 15 is 0 Å². The summed E-state index contributed by atoms with van der Waals surface area (Å²) in [4.78, 5) is 17.0. The van der Waals surface area contributed by atoms with Crippen LogP contribution in [0, 0.1) is 17.2 Å². The van der Waals surface area contributed by atoms with Crippen molar-refractivity contribution in [3.05, 3.63) is 53.6 Å². The predicted molar refractivity (Wildman–Crippen MR) is 84.2 cm³/mol. The van der Waals surface area contributed by atoms with Crippen molar-refractivity contribution in [2.75, 3.05) is 0 Å². The summed E-state index contributed by atoms with van der Waals surface area (Å²) in [5.41, 5.74) is 1.42. The van der Waals surface area contributed by atoms with E-state index in [2.05, 4.69) is 20.9 Å². The number of benzene rings is 1. The lowest BCUT2D eigenvalue weighted by atomic mass is 9.96. The molecule has 1 aliphatic heterocycles. The molecule has 2 aromatic rings. The molecule has 0 radical (unpaired) electrons. The lowest BCUT2D eigenvalue weighted by Gasteiger charge is -2.26. The van der Waals surface area contributed by atoms with E-state index in [1.807, 2.05) is 24.4 Å². The first-order chi connectivity index (χ1) is 11.2. The molecule has 1 fully saturated rings. The number of nitriles is 1. The molecule has 0 unspecified atom stereocenters. The number of aromatic nitrogens is 2. The Balaban J connectivity index is 1.49. The summed E-state index contributed by atoms with van der Waals surface area (Å²) in [5, 5.41) is 12.3. The average molecular weight is 306 g/mol. The summed E-state index contributed by atoms with van der Waals surface area (Å²) in [6.07, 6.45) is 7.32. The Morgan fingerprint density at radius 2 is 2.30 bits per heavy atom. The van der Waals surface area contributed by atoms with E-state index in [9.17, 15) is 4.79 Å². The highest BCUT2D eigenvalue weighted by Crippen LogP contribution is 2.46. The Morgan fingerprint density at radius 1 is 1.43 bits per heavy atom. The Bertz CT molecular complexity index is 797. The highest BCUT2D eigenvalue weighted by Gasteiger charge is 2.46. The van der Waals surface area contributed by atoms with Crippen molar-refractivity contribution in [3.8, 4) is 6.07 Å². The zero-order valence-electron chi connectivity index (χ0n) is 12.8. The zero-order valence-corrected chi connectivity index (χ0v) is 12.8. The van der Waals surface area contributed by atoms with Crippen molar-refractivity contribution in [3.63, 3.8) is 0 Å². The van der Waals surface area contributed by atoms with Gasteiger partial charge < -0.3 is 9.88 Å². The van der Waals surface area contributed by atoms with Crippen LogP contribution in [-0.4, -0.2) is 15.5 Å². The number of carbonyl (C=O) groups excluding carboxylic acids is 1. The van der Waals surface area contributed by atoms with Crippen molar-refractivity contribution in [2.24, 2.45) is 5.92 Å². The second-order valence-corrected chi connectivity index (χ2v) is 6.50. The summed E-state index contributed by atoms with van der Waals surface area (Å²) in [6, 6.07) is 9.75. The molecule has 4 rings (SSSR count). The summed E-state index contributed by atoms with van der Waals surface area (Å²) in [6.45, 7) is 0.704. The lowest BCUT2D eigenvalue weighted by Crippen LogP contribution is -2.41. The molecule has 0 bridgehead atoms. The van der Waals surface area contributed by atoms with E-state index in [-0.39, 0.29) is 17.4 Å². The van der Waals surface area contributed by atoms with Crippen LogP contribution >= 0.6 is 0 Å². The normalized spacial score (nSPS) is 21.1. The standard InChI is InChI=1S/C18H18N4O/c19-11-13-2-1-3-15(10-13)18(6-7-18)21-17(23)14-4-5-16-20-8-9-22(16)12-14/h1-3,8-10,14H,4-7,12H2,(H,21,23)/t14-/m0/s1. The number of aryl methyl sites for hydroxylation is 1. The molecule has 1 aromatic carbocycles. The van der Waals surface area contributed by atoms with Crippen molar-refractivity contribution in [1.82, 2.24) is 14.9 Å². The molecule has 1 amide bonds. The zero-order chi connectivity index (χ0) is 15.9. The number of nitrogens with one attached hydrogen (secondary N) is 1. The van der Waals surface area contributed by atoms with Crippen LogP contribution in [-0.2, 0) is 23.3 Å². The van der Waals surface area contributed by atoms with Crippen molar-refractivity contribution in [1.29, 1.82) is 5.26 Å². The molecule has 1 saturated carbocycles. The molecule has 1 aliphatic carbocycles. The van der Waals surface area contributed by atoms with Crippen LogP contribution in [0.4, 0.5) is 0 Å². The van der Waals surface area contributed by atoms with E-state index in [1.54, 1.807) is 12.3 Å². The van der Waals surface area contributed by atoms with Gasteiger partial charge in [-0.25, -0.2) is 4.98 Å². The monoisotopic (exact) mass is 306 g/mol. The van der Waals surface area contributed by atoms with Gasteiger partial charge in [-0.15, -0.1) is 0 Å². The first-order valence-corrected chi connectivity index (χ1v) is 8.03. The third-order valence-corrected chi connectivity index (χ3v) is 4.96. The van der Waals surface area contributed by atoms with E-state index in [1.165, 1.54) is 0 Å². The van der Waals surface area contributed by atoms with Crippen LogP contribution in [0.3, 0.4) is 0 Å². The molecule has 2 aliphatic rings. The number of hydrogen-bond acceptors (Lipinski definition) is 3. The van der Waals surface area contributed by atoms with Crippen LogP contribution in [0.25, 0.3) is 0 Å². The van der Waals surface area contributed by atoms with Gasteiger partial charge in [-0.05, 0) is 37.0 Å².